The number of nitriles is 1. The number of esters is 1. The third kappa shape index (κ3) is 3.73. The van der Waals surface area contributed by atoms with Gasteiger partial charge in [-0.1, -0.05) is 24.3 Å². The number of hydrogen-bond acceptors (Lipinski definition) is 5. The number of para-hydroxylation sites is 1. The van der Waals surface area contributed by atoms with Crippen LogP contribution in [-0.4, -0.2) is 15.7 Å². The Balaban J connectivity index is 1.88. The summed E-state index contributed by atoms with van der Waals surface area (Å²) < 4.78 is 12.6. The maximum atomic E-state index is 11.1. The van der Waals surface area contributed by atoms with Crippen molar-refractivity contribution in [1.82, 2.24) is 9.78 Å². The Morgan fingerprint density at radius 1 is 1.15 bits per heavy atom. The largest absolute Gasteiger partial charge is 0.487 e. The summed E-state index contributed by atoms with van der Waals surface area (Å²) in [6, 6.07) is 18.6. The quantitative estimate of drug-likeness (QED) is 0.521. The maximum Gasteiger partial charge on any atom is 0.308 e. The highest BCUT2D eigenvalue weighted by molar-refractivity contribution is 5.69. The van der Waals surface area contributed by atoms with Crippen LogP contribution >= 0.6 is 0 Å². The number of nitrogens with zero attached hydrogens (tertiary/aromatic N) is 3. The summed E-state index contributed by atoms with van der Waals surface area (Å²) in [6.45, 7) is 3.29. The van der Waals surface area contributed by atoms with Gasteiger partial charge < -0.3 is 9.47 Å². The summed E-state index contributed by atoms with van der Waals surface area (Å²) in [5, 5.41) is 13.9. The third-order valence-corrected chi connectivity index (χ3v) is 3.71. The number of ether oxygens (including phenoxy) is 2. The minimum atomic E-state index is -0.397. The normalized spacial score (nSPS) is 10.2. The van der Waals surface area contributed by atoms with Crippen LogP contribution < -0.4 is 9.47 Å². The van der Waals surface area contributed by atoms with Gasteiger partial charge in [0.25, 0.3) is 0 Å². The number of benzene rings is 2. The first-order chi connectivity index (χ1) is 12.6. The van der Waals surface area contributed by atoms with Gasteiger partial charge in [-0.15, -0.1) is 0 Å². The predicted molar refractivity (Wildman–Crippen MR) is 95.1 cm³/mol. The molecular weight excluding hydrogens is 330 g/mol. The summed E-state index contributed by atoms with van der Waals surface area (Å²) in [4.78, 5) is 11.1. The van der Waals surface area contributed by atoms with Gasteiger partial charge in [-0.3, -0.25) is 4.79 Å². The molecule has 26 heavy (non-hydrogen) atoms. The molecule has 0 amide bonds. The van der Waals surface area contributed by atoms with E-state index in [4.69, 9.17) is 9.47 Å². The van der Waals surface area contributed by atoms with Gasteiger partial charge in [0.2, 0.25) is 0 Å². The molecule has 0 spiro atoms. The lowest BCUT2D eigenvalue weighted by Crippen LogP contribution is -2.07. The molecule has 0 N–H and O–H groups in total. The minimum absolute atomic E-state index is 0.155. The SMILES string of the molecule is CC(=O)Oc1cccc(OCc2c(C#N)c(C)nn2-c2ccccc2)c1. The van der Waals surface area contributed by atoms with Gasteiger partial charge >= 0.3 is 5.97 Å². The lowest BCUT2D eigenvalue weighted by Gasteiger charge is -2.10. The molecule has 0 aliphatic carbocycles. The number of rotatable bonds is 5. The van der Waals surface area contributed by atoms with E-state index in [1.165, 1.54) is 6.92 Å². The number of hydrogen-bond donors (Lipinski definition) is 0. The molecule has 3 rings (SSSR count). The van der Waals surface area contributed by atoms with Crippen molar-refractivity contribution in [3.63, 3.8) is 0 Å². The summed E-state index contributed by atoms with van der Waals surface area (Å²) in [5.74, 6) is 0.543. The lowest BCUT2D eigenvalue weighted by atomic mass is 10.2. The summed E-state index contributed by atoms with van der Waals surface area (Å²) in [6.07, 6.45) is 0. The van der Waals surface area contributed by atoms with E-state index in [0.717, 1.165) is 5.69 Å². The number of carbonyl (C=O) groups excluding carboxylic acids is 1. The van der Waals surface area contributed by atoms with Gasteiger partial charge in [-0.25, -0.2) is 4.68 Å². The van der Waals surface area contributed by atoms with Crippen molar-refractivity contribution in [3.8, 4) is 23.3 Å². The van der Waals surface area contributed by atoms with Crippen LogP contribution in [0.4, 0.5) is 0 Å². The van der Waals surface area contributed by atoms with E-state index in [-0.39, 0.29) is 6.61 Å². The van der Waals surface area contributed by atoms with Gasteiger partial charge in [-0.05, 0) is 31.2 Å². The highest BCUT2D eigenvalue weighted by atomic mass is 16.5. The molecule has 1 aromatic heterocycles. The van der Waals surface area contributed by atoms with Crippen LogP contribution in [0.5, 0.6) is 11.5 Å². The highest BCUT2D eigenvalue weighted by Crippen LogP contribution is 2.23. The molecular formula is C20H17N3O3. The molecule has 0 atom stereocenters. The van der Waals surface area contributed by atoms with Crippen molar-refractivity contribution < 1.29 is 14.3 Å². The fraction of sp³-hybridized carbons (Fsp3) is 0.150. The van der Waals surface area contributed by atoms with Gasteiger partial charge in [0.15, 0.2) is 0 Å². The molecule has 1 heterocycles. The Hall–Kier alpha value is -3.59. The number of aromatic nitrogens is 2. The number of carbonyl (C=O) groups is 1. The average Bonchev–Trinajstić information content (AvgIpc) is 2.96. The molecule has 0 fully saturated rings. The van der Waals surface area contributed by atoms with Gasteiger partial charge in [0.05, 0.1) is 17.1 Å². The maximum absolute atomic E-state index is 11.1. The second kappa shape index (κ2) is 7.53. The Morgan fingerprint density at radius 2 is 1.88 bits per heavy atom. The van der Waals surface area contributed by atoms with Crippen molar-refractivity contribution in [2.45, 2.75) is 20.5 Å². The molecule has 0 radical (unpaired) electrons. The molecule has 0 aliphatic rings. The summed E-state index contributed by atoms with van der Waals surface area (Å²) in [5.41, 5.74) is 2.65. The molecule has 0 saturated carbocycles. The van der Waals surface area contributed by atoms with E-state index < -0.39 is 5.97 Å². The molecule has 0 aliphatic heterocycles. The van der Waals surface area contributed by atoms with Crippen molar-refractivity contribution >= 4 is 5.97 Å². The predicted octanol–water partition coefficient (Wildman–Crippen LogP) is 3.56. The van der Waals surface area contributed by atoms with Gasteiger partial charge in [0, 0.05) is 13.0 Å². The molecule has 0 bridgehead atoms. The molecule has 2 aromatic carbocycles. The topological polar surface area (TPSA) is 77.1 Å². The molecule has 130 valence electrons. The Kier molecular flexibility index (Phi) is 4.99. The summed E-state index contributed by atoms with van der Waals surface area (Å²) in [7, 11) is 0. The van der Waals surface area contributed by atoms with E-state index >= 15 is 0 Å². The average molecular weight is 347 g/mol. The molecule has 6 nitrogen and oxygen atoms in total. The first-order valence-electron chi connectivity index (χ1n) is 8.04. The number of aryl methyl sites for hydroxylation is 1. The van der Waals surface area contributed by atoms with Crippen LogP contribution in [0, 0.1) is 18.3 Å². The van der Waals surface area contributed by atoms with Crippen LogP contribution in [0.15, 0.2) is 54.6 Å². The first kappa shape index (κ1) is 17.2. The highest BCUT2D eigenvalue weighted by Gasteiger charge is 2.17. The second-order valence-electron chi connectivity index (χ2n) is 5.62. The van der Waals surface area contributed by atoms with E-state index in [0.29, 0.717) is 28.5 Å². The fourth-order valence-corrected chi connectivity index (χ4v) is 2.58. The summed E-state index contributed by atoms with van der Waals surface area (Å²) >= 11 is 0. The Labute approximate surface area is 151 Å². The van der Waals surface area contributed by atoms with E-state index in [9.17, 15) is 10.1 Å². The lowest BCUT2D eigenvalue weighted by molar-refractivity contribution is -0.131. The van der Waals surface area contributed by atoms with Crippen LogP contribution in [0.1, 0.15) is 23.9 Å². The van der Waals surface area contributed by atoms with Crippen molar-refractivity contribution in [3.05, 3.63) is 71.5 Å². The minimum Gasteiger partial charge on any atom is -0.487 e. The third-order valence-electron chi connectivity index (χ3n) is 3.71. The second-order valence-corrected chi connectivity index (χ2v) is 5.62. The monoisotopic (exact) mass is 347 g/mol. The van der Waals surface area contributed by atoms with E-state index in [1.54, 1.807) is 35.9 Å². The zero-order valence-electron chi connectivity index (χ0n) is 14.5. The van der Waals surface area contributed by atoms with Crippen LogP contribution in [0.3, 0.4) is 0 Å². The van der Waals surface area contributed by atoms with E-state index in [1.807, 2.05) is 30.3 Å². The van der Waals surface area contributed by atoms with E-state index in [2.05, 4.69) is 11.2 Å². The first-order valence-corrected chi connectivity index (χ1v) is 8.04. The molecule has 0 unspecified atom stereocenters. The van der Waals surface area contributed by atoms with Crippen molar-refractivity contribution in [1.29, 1.82) is 5.26 Å². The zero-order chi connectivity index (χ0) is 18.5. The van der Waals surface area contributed by atoms with Crippen molar-refractivity contribution in [2.24, 2.45) is 0 Å². The smallest absolute Gasteiger partial charge is 0.308 e. The standard InChI is InChI=1S/C20H17N3O3/c1-14-19(12-21)20(23(22-14)16-7-4-3-5-8-16)13-25-17-9-6-10-18(11-17)26-15(2)24/h3-11H,13H2,1-2H3. The zero-order valence-corrected chi connectivity index (χ0v) is 14.5. The molecule has 0 saturated heterocycles. The van der Waals surface area contributed by atoms with Crippen LogP contribution in [-0.2, 0) is 11.4 Å². The Morgan fingerprint density at radius 3 is 2.58 bits per heavy atom. The van der Waals surface area contributed by atoms with Crippen LogP contribution in [0.25, 0.3) is 5.69 Å². The Bertz CT molecular complexity index is 972. The van der Waals surface area contributed by atoms with Gasteiger partial charge in [-0.2, -0.15) is 10.4 Å². The molecule has 3 aromatic rings. The fourth-order valence-electron chi connectivity index (χ4n) is 2.58. The van der Waals surface area contributed by atoms with Gasteiger partial charge in [0.1, 0.15) is 29.7 Å². The molecule has 6 heteroatoms. The van der Waals surface area contributed by atoms with Crippen molar-refractivity contribution in [2.75, 3.05) is 0 Å². The van der Waals surface area contributed by atoms with Crippen LogP contribution in [0.2, 0.25) is 0 Å².